The van der Waals surface area contributed by atoms with Crippen molar-refractivity contribution in [2.24, 2.45) is 9.98 Å². The number of furan rings is 2. The van der Waals surface area contributed by atoms with Gasteiger partial charge in [-0.2, -0.15) is 0 Å². The standard InChI is InChI=1S/C42H26N4O2/c1-2-11-25(12-3-1)39-44-40(46-41(45-39)33-23-24-43-42-38(33)32-14-5-7-21-35(32)48-42)30-19-9-15-26-27(16-8-17-28(26)30)29-18-10-22-36-37(29)31-13-4-6-20-34(31)47-36/h1-24,40H,(H,44,45,46). The van der Waals surface area contributed by atoms with Crippen molar-refractivity contribution in [1.29, 1.82) is 0 Å². The van der Waals surface area contributed by atoms with E-state index in [0.717, 1.165) is 88.6 Å². The van der Waals surface area contributed by atoms with Crippen LogP contribution in [-0.2, 0) is 0 Å². The number of hydrogen-bond acceptors (Lipinski definition) is 6. The van der Waals surface area contributed by atoms with E-state index in [2.05, 4.69) is 89.2 Å². The summed E-state index contributed by atoms with van der Waals surface area (Å²) in [5, 5.41) is 9.95. The summed E-state index contributed by atoms with van der Waals surface area (Å²) in [4.78, 5) is 15.1. The molecule has 6 nitrogen and oxygen atoms in total. The number of benzene rings is 6. The van der Waals surface area contributed by atoms with Crippen LogP contribution in [0.3, 0.4) is 0 Å². The Kier molecular flexibility index (Phi) is 5.84. The van der Waals surface area contributed by atoms with Crippen molar-refractivity contribution in [1.82, 2.24) is 10.3 Å². The van der Waals surface area contributed by atoms with Crippen molar-refractivity contribution in [3.63, 3.8) is 0 Å². The van der Waals surface area contributed by atoms with E-state index in [1.165, 1.54) is 0 Å². The van der Waals surface area contributed by atoms with E-state index in [9.17, 15) is 0 Å². The Hall–Kier alpha value is -6.53. The van der Waals surface area contributed by atoms with Crippen molar-refractivity contribution in [2.45, 2.75) is 6.17 Å². The van der Waals surface area contributed by atoms with Gasteiger partial charge in [0.1, 0.15) is 28.4 Å². The number of aromatic nitrogens is 1. The Morgan fingerprint density at radius 2 is 1.10 bits per heavy atom. The number of para-hydroxylation sites is 2. The molecule has 1 unspecified atom stereocenters. The lowest BCUT2D eigenvalue weighted by Crippen LogP contribution is -2.36. The van der Waals surface area contributed by atoms with Crippen LogP contribution in [0.2, 0.25) is 0 Å². The zero-order chi connectivity index (χ0) is 31.6. The lowest BCUT2D eigenvalue weighted by Gasteiger charge is -2.23. The molecule has 6 aromatic carbocycles. The number of rotatable bonds is 4. The SMILES string of the molecule is c1ccc(C2=NC(c3cccc4c(-c5cccc6oc7ccccc7c56)cccc34)N=C(c3ccnc4oc5ccccc5c34)N2)cc1. The minimum absolute atomic E-state index is 0.498. The Morgan fingerprint density at radius 1 is 0.458 bits per heavy atom. The van der Waals surface area contributed by atoms with E-state index in [-0.39, 0.29) is 0 Å². The summed E-state index contributed by atoms with van der Waals surface area (Å²) in [5.41, 5.74) is 8.32. The molecule has 48 heavy (non-hydrogen) atoms. The summed E-state index contributed by atoms with van der Waals surface area (Å²) in [6.45, 7) is 0. The smallest absolute Gasteiger partial charge is 0.228 e. The first-order valence-electron chi connectivity index (χ1n) is 16.0. The monoisotopic (exact) mass is 618 g/mol. The second-order valence-electron chi connectivity index (χ2n) is 12.0. The molecule has 1 aliphatic rings. The van der Waals surface area contributed by atoms with Crippen LogP contribution in [0.25, 0.3) is 65.9 Å². The molecule has 0 saturated heterocycles. The van der Waals surface area contributed by atoms with Crippen molar-refractivity contribution in [3.05, 3.63) is 162 Å². The fraction of sp³-hybridized carbons (Fsp3) is 0.0238. The summed E-state index contributed by atoms with van der Waals surface area (Å²) >= 11 is 0. The normalized spacial score (nSPS) is 14.9. The molecule has 0 saturated carbocycles. The minimum atomic E-state index is -0.498. The highest BCUT2D eigenvalue weighted by Gasteiger charge is 2.25. The lowest BCUT2D eigenvalue weighted by molar-refractivity contribution is 0.654. The number of pyridine rings is 1. The van der Waals surface area contributed by atoms with Gasteiger partial charge in [-0.3, -0.25) is 0 Å². The molecule has 1 N–H and O–H groups in total. The highest BCUT2D eigenvalue weighted by Crippen LogP contribution is 2.41. The molecule has 3 aromatic heterocycles. The molecule has 4 heterocycles. The highest BCUT2D eigenvalue weighted by molar-refractivity contribution is 6.23. The second kappa shape index (κ2) is 10.5. The number of hydrogen-bond donors (Lipinski definition) is 1. The van der Waals surface area contributed by atoms with Crippen LogP contribution in [-0.4, -0.2) is 16.7 Å². The molecule has 6 heteroatoms. The maximum absolute atomic E-state index is 6.25. The molecule has 0 fully saturated rings. The van der Waals surface area contributed by atoms with Crippen LogP contribution in [0.15, 0.2) is 165 Å². The van der Waals surface area contributed by atoms with E-state index in [4.69, 9.17) is 18.8 Å². The van der Waals surface area contributed by atoms with Crippen LogP contribution in [0.1, 0.15) is 22.9 Å². The quantitative estimate of drug-likeness (QED) is 0.213. The third-order valence-corrected chi connectivity index (χ3v) is 9.25. The van der Waals surface area contributed by atoms with Gasteiger partial charge in [-0.15, -0.1) is 0 Å². The number of nitrogens with one attached hydrogen (secondary N) is 1. The first-order chi connectivity index (χ1) is 23.8. The van der Waals surface area contributed by atoms with E-state index in [0.29, 0.717) is 5.71 Å². The van der Waals surface area contributed by atoms with Gasteiger partial charge in [-0.05, 0) is 46.2 Å². The van der Waals surface area contributed by atoms with Gasteiger partial charge in [0.15, 0.2) is 6.17 Å². The zero-order valence-electron chi connectivity index (χ0n) is 25.6. The minimum Gasteiger partial charge on any atom is -0.456 e. The van der Waals surface area contributed by atoms with Crippen LogP contribution in [0.5, 0.6) is 0 Å². The third kappa shape index (κ3) is 4.09. The Bertz CT molecular complexity index is 2770. The summed E-state index contributed by atoms with van der Waals surface area (Å²) in [6, 6.07) is 47.7. The van der Waals surface area contributed by atoms with Crippen LogP contribution < -0.4 is 5.32 Å². The molecule has 9 aromatic rings. The molecule has 0 amide bonds. The van der Waals surface area contributed by atoms with Gasteiger partial charge in [0.25, 0.3) is 0 Å². The molecule has 10 rings (SSSR count). The molecular formula is C42H26N4O2. The van der Waals surface area contributed by atoms with Crippen LogP contribution in [0, 0.1) is 0 Å². The Morgan fingerprint density at radius 3 is 1.98 bits per heavy atom. The molecule has 226 valence electrons. The average molecular weight is 619 g/mol. The molecule has 0 radical (unpaired) electrons. The average Bonchev–Trinajstić information content (AvgIpc) is 3.73. The summed E-state index contributed by atoms with van der Waals surface area (Å²) in [7, 11) is 0. The lowest BCUT2D eigenvalue weighted by atomic mass is 9.92. The van der Waals surface area contributed by atoms with E-state index in [1.807, 2.05) is 60.7 Å². The predicted molar refractivity (Wildman–Crippen MR) is 194 cm³/mol. The number of aliphatic imine (C=N–C) groups is 2. The molecule has 0 bridgehead atoms. The summed E-state index contributed by atoms with van der Waals surface area (Å²) < 4.78 is 12.4. The first kappa shape index (κ1) is 26.7. The molecule has 0 aliphatic carbocycles. The van der Waals surface area contributed by atoms with Gasteiger partial charge in [-0.25, -0.2) is 15.0 Å². The summed E-state index contributed by atoms with van der Waals surface area (Å²) in [6.07, 6.45) is 1.28. The molecule has 0 spiro atoms. The van der Waals surface area contributed by atoms with Gasteiger partial charge >= 0.3 is 0 Å². The predicted octanol–water partition coefficient (Wildman–Crippen LogP) is 10.2. The van der Waals surface area contributed by atoms with Gasteiger partial charge in [0.05, 0.1) is 5.39 Å². The Balaban J connectivity index is 1.19. The maximum atomic E-state index is 6.25. The van der Waals surface area contributed by atoms with Crippen molar-refractivity contribution >= 4 is 66.5 Å². The zero-order valence-corrected chi connectivity index (χ0v) is 25.6. The largest absolute Gasteiger partial charge is 0.456 e. The van der Waals surface area contributed by atoms with Gasteiger partial charge in [0.2, 0.25) is 5.71 Å². The third-order valence-electron chi connectivity index (χ3n) is 9.25. The number of nitrogens with zero attached hydrogens (tertiary/aromatic N) is 3. The number of fused-ring (bicyclic) bond motifs is 7. The summed E-state index contributed by atoms with van der Waals surface area (Å²) in [5.74, 6) is 1.47. The van der Waals surface area contributed by atoms with Crippen molar-refractivity contribution in [3.8, 4) is 11.1 Å². The van der Waals surface area contributed by atoms with E-state index >= 15 is 0 Å². The molecule has 1 aliphatic heterocycles. The second-order valence-corrected chi connectivity index (χ2v) is 12.0. The highest BCUT2D eigenvalue weighted by atomic mass is 16.3. The molecular weight excluding hydrogens is 592 g/mol. The van der Waals surface area contributed by atoms with Crippen molar-refractivity contribution < 1.29 is 8.83 Å². The van der Waals surface area contributed by atoms with Crippen molar-refractivity contribution in [2.75, 3.05) is 0 Å². The van der Waals surface area contributed by atoms with Gasteiger partial charge < -0.3 is 14.2 Å². The maximum Gasteiger partial charge on any atom is 0.228 e. The first-order valence-corrected chi connectivity index (χ1v) is 16.0. The molecule has 1 atom stereocenters. The Labute approximate surface area is 274 Å². The van der Waals surface area contributed by atoms with Gasteiger partial charge in [0, 0.05) is 39.0 Å². The topological polar surface area (TPSA) is 75.9 Å². The van der Waals surface area contributed by atoms with Gasteiger partial charge in [-0.1, -0.05) is 115 Å². The number of amidine groups is 2. The van der Waals surface area contributed by atoms with E-state index in [1.54, 1.807) is 6.20 Å². The van der Waals surface area contributed by atoms with Crippen LogP contribution >= 0.6 is 0 Å². The fourth-order valence-corrected chi connectivity index (χ4v) is 7.11. The fourth-order valence-electron chi connectivity index (χ4n) is 7.11. The van der Waals surface area contributed by atoms with E-state index < -0.39 is 6.17 Å². The van der Waals surface area contributed by atoms with Crippen LogP contribution in [0.4, 0.5) is 0 Å².